The molecule has 0 bridgehead atoms. The minimum atomic E-state index is -4.48. The summed E-state index contributed by atoms with van der Waals surface area (Å²) >= 11 is 1.52. The van der Waals surface area contributed by atoms with Gasteiger partial charge in [0.25, 0.3) is 0 Å². The average molecular weight is 439 g/mol. The Morgan fingerprint density at radius 3 is 2.16 bits per heavy atom. The van der Waals surface area contributed by atoms with Gasteiger partial charge in [-0.3, -0.25) is 0 Å². The third-order valence-electron chi connectivity index (χ3n) is 4.39. The lowest BCUT2D eigenvalue weighted by Crippen LogP contribution is -2.19. The summed E-state index contributed by atoms with van der Waals surface area (Å²) in [6.07, 6.45) is -4.48. The van der Waals surface area contributed by atoms with Gasteiger partial charge in [-0.05, 0) is 30.3 Å². The number of benzene rings is 3. The zero-order valence-electron chi connectivity index (χ0n) is 16.0. The molecule has 1 heterocycles. The smallest absolute Gasteiger partial charge is 0.308 e. The standard InChI is InChI=1S/C23H16F3N3OS/c24-23(25,26)17-9-5-11-19(13-17)28-22(30)27-18-10-4-8-16(12-18)20-14-31-21(29-20)15-6-2-1-3-7-15/h1-14H,(H2,27,28,30). The van der Waals surface area contributed by atoms with Crippen LogP contribution in [0.3, 0.4) is 0 Å². The molecule has 3 aromatic carbocycles. The molecule has 0 radical (unpaired) electrons. The summed E-state index contributed by atoms with van der Waals surface area (Å²) in [5, 5.41) is 7.89. The monoisotopic (exact) mass is 439 g/mol. The summed E-state index contributed by atoms with van der Waals surface area (Å²) < 4.78 is 38.5. The van der Waals surface area contributed by atoms with E-state index in [0.717, 1.165) is 34.0 Å². The largest absolute Gasteiger partial charge is 0.416 e. The highest BCUT2D eigenvalue weighted by atomic mass is 32.1. The SMILES string of the molecule is O=C(Nc1cccc(-c2csc(-c3ccccc3)n2)c1)Nc1cccc(C(F)(F)F)c1. The quantitative estimate of drug-likeness (QED) is 0.355. The van der Waals surface area contributed by atoms with Gasteiger partial charge >= 0.3 is 12.2 Å². The molecule has 4 rings (SSSR count). The Labute approximate surface area is 180 Å². The number of rotatable bonds is 4. The van der Waals surface area contributed by atoms with Crippen LogP contribution < -0.4 is 10.6 Å². The molecule has 2 amide bonds. The molecule has 0 aliphatic heterocycles. The lowest BCUT2D eigenvalue weighted by Gasteiger charge is -2.11. The van der Waals surface area contributed by atoms with Crippen molar-refractivity contribution in [1.29, 1.82) is 0 Å². The highest BCUT2D eigenvalue weighted by Crippen LogP contribution is 2.31. The Morgan fingerprint density at radius 1 is 0.806 bits per heavy atom. The fourth-order valence-corrected chi connectivity index (χ4v) is 3.78. The number of carbonyl (C=O) groups is 1. The molecular weight excluding hydrogens is 423 g/mol. The number of aromatic nitrogens is 1. The second kappa shape index (κ2) is 8.61. The minimum Gasteiger partial charge on any atom is -0.308 e. The molecule has 0 aliphatic rings. The zero-order valence-corrected chi connectivity index (χ0v) is 16.8. The van der Waals surface area contributed by atoms with E-state index < -0.39 is 17.8 Å². The number of nitrogens with zero attached hydrogens (tertiary/aromatic N) is 1. The van der Waals surface area contributed by atoms with Crippen molar-refractivity contribution in [2.24, 2.45) is 0 Å². The van der Waals surface area contributed by atoms with E-state index in [0.29, 0.717) is 5.69 Å². The predicted octanol–water partition coefficient (Wildman–Crippen LogP) is 7.14. The maximum absolute atomic E-state index is 12.8. The first kappa shape index (κ1) is 20.6. The van der Waals surface area contributed by atoms with Crippen molar-refractivity contribution in [2.45, 2.75) is 6.18 Å². The van der Waals surface area contributed by atoms with Crippen LogP contribution in [0.15, 0.2) is 84.2 Å². The summed E-state index contributed by atoms with van der Waals surface area (Å²) in [4.78, 5) is 16.9. The number of amides is 2. The van der Waals surface area contributed by atoms with E-state index >= 15 is 0 Å². The molecule has 0 unspecified atom stereocenters. The van der Waals surface area contributed by atoms with Crippen LogP contribution in [0, 0.1) is 0 Å². The van der Waals surface area contributed by atoms with Gasteiger partial charge in [0.1, 0.15) is 5.01 Å². The Morgan fingerprint density at radius 2 is 1.45 bits per heavy atom. The number of carbonyl (C=O) groups excluding carboxylic acids is 1. The van der Waals surface area contributed by atoms with E-state index in [-0.39, 0.29) is 5.69 Å². The lowest BCUT2D eigenvalue weighted by atomic mass is 10.1. The van der Waals surface area contributed by atoms with Crippen LogP contribution in [0.25, 0.3) is 21.8 Å². The number of nitrogens with one attached hydrogen (secondary N) is 2. The van der Waals surface area contributed by atoms with Gasteiger partial charge in [0.05, 0.1) is 11.3 Å². The van der Waals surface area contributed by atoms with Crippen LogP contribution in [0.2, 0.25) is 0 Å². The number of hydrogen-bond acceptors (Lipinski definition) is 3. The van der Waals surface area contributed by atoms with Gasteiger partial charge in [-0.2, -0.15) is 13.2 Å². The van der Waals surface area contributed by atoms with Gasteiger partial charge in [-0.25, -0.2) is 9.78 Å². The molecule has 0 saturated carbocycles. The van der Waals surface area contributed by atoms with E-state index in [2.05, 4.69) is 15.6 Å². The Bertz CT molecular complexity index is 1210. The molecule has 4 nitrogen and oxygen atoms in total. The highest BCUT2D eigenvalue weighted by Gasteiger charge is 2.30. The minimum absolute atomic E-state index is 0.0514. The van der Waals surface area contributed by atoms with Crippen molar-refractivity contribution in [2.75, 3.05) is 10.6 Å². The van der Waals surface area contributed by atoms with Crippen LogP contribution in [0.1, 0.15) is 5.56 Å². The van der Waals surface area contributed by atoms with Crippen LogP contribution >= 0.6 is 11.3 Å². The van der Waals surface area contributed by atoms with Crippen molar-refractivity contribution in [1.82, 2.24) is 4.98 Å². The number of anilines is 2. The van der Waals surface area contributed by atoms with E-state index in [4.69, 9.17) is 0 Å². The first-order valence-electron chi connectivity index (χ1n) is 9.25. The number of urea groups is 1. The third-order valence-corrected chi connectivity index (χ3v) is 5.28. The number of halogens is 3. The van der Waals surface area contributed by atoms with Crippen LogP contribution in [-0.4, -0.2) is 11.0 Å². The molecule has 0 saturated heterocycles. The Hall–Kier alpha value is -3.65. The first-order chi connectivity index (χ1) is 14.9. The predicted molar refractivity (Wildman–Crippen MR) is 117 cm³/mol. The fraction of sp³-hybridized carbons (Fsp3) is 0.0435. The molecule has 2 N–H and O–H groups in total. The van der Waals surface area contributed by atoms with E-state index in [1.165, 1.54) is 23.5 Å². The van der Waals surface area contributed by atoms with Gasteiger partial charge in [0.15, 0.2) is 0 Å². The zero-order chi connectivity index (χ0) is 21.8. The van der Waals surface area contributed by atoms with Crippen molar-refractivity contribution in [3.63, 3.8) is 0 Å². The highest BCUT2D eigenvalue weighted by molar-refractivity contribution is 7.13. The molecule has 31 heavy (non-hydrogen) atoms. The van der Waals surface area contributed by atoms with Crippen molar-refractivity contribution in [3.05, 3.63) is 89.8 Å². The summed E-state index contributed by atoms with van der Waals surface area (Å²) in [6, 6.07) is 20.7. The number of alkyl halides is 3. The Kier molecular flexibility index (Phi) is 5.73. The number of thiazole rings is 1. The molecule has 0 spiro atoms. The molecule has 0 fully saturated rings. The first-order valence-corrected chi connectivity index (χ1v) is 10.1. The second-order valence-corrected chi connectivity index (χ2v) is 7.50. The molecular formula is C23H16F3N3OS. The fourth-order valence-electron chi connectivity index (χ4n) is 2.94. The van der Waals surface area contributed by atoms with Gasteiger partial charge in [-0.1, -0.05) is 48.5 Å². The number of hydrogen-bond donors (Lipinski definition) is 2. The summed E-state index contributed by atoms with van der Waals surface area (Å²) in [6.45, 7) is 0. The normalized spacial score (nSPS) is 11.2. The van der Waals surface area contributed by atoms with Crippen LogP contribution in [0.5, 0.6) is 0 Å². The molecule has 0 atom stereocenters. The summed E-state index contributed by atoms with van der Waals surface area (Å²) in [5.74, 6) is 0. The Balaban J connectivity index is 1.47. The van der Waals surface area contributed by atoms with Gasteiger partial charge in [0, 0.05) is 27.9 Å². The molecule has 0 aliphatic carbocycles. The molecule has 4 aromatic rings. The van der Waals surface area contributed by atoms with Crippen LogP contribution in [0.4, 0.5) is 29.3 Å². The van der Waals surface area contributed by atoms with E-state index in [1.807, 2.05) is 41.8 Å². The van der Waals surface area contributed by atoms with Gasteiger partial charge in [0.2, 0.25) is 0 Å². The summed E-state index contributed by atoms with van der Waals surface area (Å²) in [5.41, 5.74) is 2.33. The third kappa shape index (κ3) is 5.10. The second-order valence-electron chi connectivity index (χ2n) is 6.64. The molecule has 156 valence electrons. The average Bonchev–Trinajstić information content (AvgIpc) is 3.24. The van der Waals surface area contributed by atoms with Crippen molar-refractivity contribution >= 4 is 28.7 Å². The topological polar surface area (TPSA) is 54.0 Å². The lowest BCUT2D eigenvalue weighted by molar-refractivity contribution is -0.137. The molecule has 8 heteroatoms. The van der Waals surface area contributed by atoms with E-state index in [1.54, 1.807) is 18.2 Å². The molecule has 1 aromatic heterocycles. The van der Waals surface area contributed by atoms with Crippen LogP contribution in [-0.2, 0) is 6.18 Å². The van der Waals surface area contributed by atoms with Crippen molar-refractivity contribution in [3.8, 4) is 21.8 Å². The summed E-state index contributed by atoms with van der Waals surface area (Å²) in [7, 11) is 0. The van der Waals surface area contributed by atoms with Gasteiger partial charge < -0.3 is 10.6 Å². The maximum atomic E-state index is 12.8. The van der Waals surface area contributed by atoms with Gasteiger partial charge in [-0.15, -0.1) is 11.3 Å². The van der Waals surface area contributed by atoms with E-state index in [9.17, 15) is 18.0 Å². The van der Waals surface area contributed by atoms with Crippen molar-refractivity contribution < 1.29 is 18.0 Å². The maximum Gasteiger partial charge on any atom is 0.416 e.